The van der Waals surface area contributed by atoms with Gasteiger partial charge in [-0.05, 0) is 44.0 Å². The lowest BCUT2D eigenvalue weighted by atomic mass is 10.1. The largest absolute Gasteiger partial charge is 0.355 e. The predicted molar refractivity (Wildman–Crippen MR) is 118 cm³/mol. The van der Waals surface area contributed by atoms with Crippen molar-refractivity contribution in [1.29, 1.82) is 0 Å². The number of nitrogens with zero attached hydrogens (tertiary/aromatic N) is 2. The minimum absolute atomic E-state index is 0.0686. The molecule has 2 amide bonds. The molecule has 7 nitrogen and oxygen atoms in total. The zero-order chi connectivity index (χ0) is 24.1. The molecule has 2 aromatic rings. The smallest absolute Gasteiger partial charge is 0.244 e. The van der Waals surface area contributed by atoms with Gasteiger partial charge >= 0.3 is 0 Å². The maximum atomic E-state index is 13.7. The summed E-state index contributed by atoms with van der Waals surface area (Å²) in [5, 5.41) is 2.65. The van der Waals surface area contributed by atoms with Crippen LogP contribution < -0.4 is 9.62 Å². The Bertz CT molecular complexity index is 1090. The highest BCUT2D eigenvalue weighted by Crippen LogP contribution is 2.22. The molecule has 0 aliphatic heterocycles. The van der Waals surface area contributed by atoms with Crippen LogP contribution in [-0.4, -0.2) is 50.5 Å². The van der Waals surface area contributed by atoms with Crippen LogP contribution in [0.4, 0.5) is 14.5 Å². The summed E-state index contributed by atoms with van der Waals surface area (Å²) in [6.07, 6.45) is 0.862. The van der Waals surface area contributed by atoms with Gasteiger partial charge in [-0.2, -0.15) is 0 Å². The summed E-state index contributed by atoms with van der Waals surface area (Å²) in [5.41, 5.74) is 1.49. The van der Waals surface area contributed by atoms with Crippen molar-refractivity contribution in [3.63, 3.8) is 0 Å². The van der Waals surface area contributed by atoms with Gasteiger partial charge in [-0.15, -0.1) is 0 Å². The van der Waals surface area contributed by atoms with Crippen LogP contribution in [0.2, 0.25) is 0 Å². The third kappa shape index (κ3) is 6.25. The molecule has 32 heavy (non-hydrogen) atoms. The van der Waals surface area contributed by atoms with Gasteiger partial charge in [0.2, 0.25) is 21.8 Å². The monoisotopic (exact) mass is 467 g/mol. The van der Waals surface area contributed by atoms with E-state index in [4.69, 9.17) is 0 Å². The van der Waals surface area contributed by atoms with Crippen LogP contribution in [-0.2, 0) is 26.2 Å². The highest BCUT2D eigenvalue weighted by molar-refractivity contribution is 7.92. The molecule has 0 aliphatic carbocycles. The molecule has 0 saturated heterocycles. The first-order valence-corrected chi connectivity index (χ1v) is 11.8. The van der Waals surface area contributed by atoms with Gasteiger partial charge in [0, 0.05) is 19.2 Å². The lowest BCUT2D eigenvalue weighted by molar-refractivity contribution is -0.139. The molecule has 0 heterocycles. The Labute approximate surface area is 187 Å². The number of aryl methyl sites for hydroxylation is 1. The zero-order valence-electron chi connectivity index (χ0n) is 18.4. The molecule has 1 atom stereocenters. The maximum Gasteiger partial charge on any atom is 0.244 e. The van der Waals surface area contributed by atoms with Crippen molar-refractivity contribution in [2.45, 2.75) is 33.4 Å². The van der Waals surface area contributed by atoms with Crippen LogP contribution in [0.1, 0.15) is 25.0 Å². The van der Waals surface area contributed by atoms with E-state index in [0.717, 1.165) is 29.5 Å². The van der Waals surface area contributed by atoms with Crippen molar-refractivity contribution in [3.05, 3.63) is 65.2 Å². The van der Waals surface area contributed by atoms with E-state index in [-0.39, 0.29) is 12.2 Å². The van der Waals surface area contributed by atoms with Crippen molar-refractivity contribution in [2.75, 3.05) is 23.7 Å². The van der Waals surface area contributed by atoms with Gasteiger partial charge in [0.1, 0.15) is 12.6 Å². The van der Waals surface area contributed by atoms with Gasteiger partial charge in [0.05, 0.1) is 11.9 Å². The fourth-order valence-corrected chi connectivity index (χ4v) is 3.97. The van der Waals surface area contributed by atoms with E-state index in [2.05, 4.69) is 5.32 Å². The van der Waals surface area contributed by atoms with Gasteiger partial charge in [-0.1, -0.05) is 24.3 Å². The van der Waals surface area contributed by atoms with Gasteiger partial charge in [-0.25, -0.2) is 17.2 Å². The van der Waals surface area contributed by atoms with Crippen LogP contribution in [0.3, 0.4) is 0 Å². The van der Waals surface area contributed by atoms with Gasteiger partial charge in [0.25, 0.3) is 0 Å². The molecule has 0 aliphatic rings. The first-order chi connectivity index (χ1) is 15.0. The molecule has 0 bridgehead atoms. The van der Waals surface area contributed by atoms with Crippen molar-refractivity contribution >= 4 is 27.5 Å². The molecule has 0 fully saturated rings. The number of sulfonamides is 1. The lowest BCUT2D eigenvalue weighted by Gasteiger charge is -2.31. The molecule has 0 saturated carbocycles. The van der Waals surface area contributed by atoms with E-state index < -0.39 is 46.1 Å². The number of amides is 2. The molecule has 0 radical (unpaired) electrons. The Balaban J connectivity index is 2.42. The zero-order valence-corrected chi connectivity index (χ0v) is 19.2. The summed E-state index contributed by atoms with van der Waals surface area (Å²) in [4.78, 5) is 27.0. The van der Waals surface area contributed by atoms with E-state index in [9.17, 15) is 26.8 Å². The molecule has 10 heteroatoms. The SMILES string of the molecule is CCNC(=O)C(C)N(Cc1ccccc1C)C(=O)CN(c1ccc(F)c(F)c1)S(C)(=O)=O. The number of carbonyl (C=O) groups is 2. The van der Waals surface area contributed by atoms with Crippen LogP contribution >= 0.6 is 0 Å². The summed E-state index contributed by atoms with van der Waals surface area (Å²) in [6, 6.07) is 8.99. The number of carbonyl (C=O) groups excluding carboxylic acids is 2. The fraction of sp³-hybridized carbons (Fsp3) is 0.364. The standard InChI is InChI=1S/C22H27F2N3O4S/c1-5-25-22(29)16(3)26(13-17-9-7-6-8-15(17)2)21(28)14-27(32(4,30)31)18-10-11-19(23)20(24)12-18/h6-12,16H,5,13-14H2,1-4H3,(H,25,29). The second kappa shape index (κ2) is 10.5. The minimum atomic E-state index is -4.02. The Kier molecular flexibility index (Phi) is 8.31. The van der Waals surface area contributed by atoms with Crippen LogP contribution in [0.5, 0.6) is 0 Å². The molecule has 2 rings (SSSR count). The van der Waals surface area contributed by atoms with Gasteiger partial charge in [-0.3, -0.25) is 13.9 Å². The summed E-state index contributed by atoms with van der Waals surface area (Å²) in [7, 11) is -4.02. The van der Waals surface area contributed by atoms with Crippen LogP contribution in [0.15, 0.2) is 42.5 Å². The van der Waals surface area contributed by atoms with E-state index in [1.807, 2.05) is 25.1 Å². The fourth-order valence-electron chi connectivity index (χ4n) is 3.13. The van der Waals surface area contributed by atoms with Crippen molar-refractivity contribution < 1.29 is 26.8 Å². The summed E-state index contributed by atoms with van der Waals surface area (Å²) in [5.74, 6) is -3.44. The number of halogens is 2. The summed E-state index contributed by atoms with van der Waals surface area (Å²) >= 11 is 0. The Morgan fingerprint density at radius 1 is 1.09 bits per heavy atom. The quantitative estimate of drug-likeness (QED) is 0.614. The second-order valence-corrected chi connectivity index (χ2v) is 9.29. The average Bonchev–Trinajstić information content (AvgIpc) is 2.72. The first-order valence-electron chi connectivity index (χ1n) is 10.00. The molecule has 0 aromatic heterocycles. The first kappa shape index (κ1) is 25.3. The third-order valence-electron chi connectivity index (χ3n) is 4.99. The summed E-state index contributed by atoms with van der Waals surface area (Å²) < 4.78 is 52.5. The number of hydrogen-bond donors (Lipinski definition) is 1. The number of hydrogen-bond acceptors (Lipinski definition) is 4. The predicted octanol–water partition coefficient (Wildman–Crippen LogP) is 2.59. The van der Waals surface area contributed by atoms with Crippen molar-refractivity contribution in [3.8, 4) is 0 Å². The van der Waals surface area contributed by atoms with Gasteiger partial charge < -0.3 is 10.2 Å². The third-order valence-corrected chi connectivity index (χ3v) is 6.13. The molecular formula is C22H27F2N3O4S. The normalized spacial score (nSPS) is 12.2. The number of nitrogens with one attached hydrogen (secondary N) is 1. The van der Waals surface area contributed by atoms with E-state index in [1.165, 1.54) is 4.90 Å². The number of benzene rings is 2. The van der Waals surface area contributed by atoms with E-state index in [0.29, 0.717) is 16.9 Å². The number of rotatable bonds is 9. The Morgan fingerprint density at radius 2 is 1.75 bits per heavy atom. The number of likely N-dealkylation sites (N-methyl/N-ethyl adjacent to an activating group) is 1. The van der Waals surface area contributed by atoms with E-state index >= 15 is 0 Å². The highest BCUT2D eigenvalue weighted by Gasteiger charge is 2.30. The van der Waals surface area contributed by atoms with Crippen molar-refractivity contribution in [2.24, 2.45) is 0 Å². The van der Waals surface area contributed by atoms with Crippen molar-refractivity contribution in [1.82, 2.24) is 10.2 Å². The highest BCUT2D eigenvalue weighted by atomic mass is 32.2. The van der Waals surface area contributed by atoms with Crippen LogP contribution in [0, 0.1) is 18.6 Å². The summed E-state index contributed by atoms with van der Waals surface area (Å²) in [6.45, 7) is 4.90. The molecular weight excluding hydrogens is 440 g/mol. The van der Waals surface area contributed by atoms with Gasteiger partial charge in [0.15, 0.2) is 11.6 Å². The topological polar surface area (TPSA) is 86.8 Å². The maximum absolute atomic E-state index is 13.7. The Hall–Kier alpha value is -3.01. The molecule has 2 aromatic carbocycles. The van der Waals surface area contributed by atoms with Crippen LogP contribution in [0.25, 0.3) is 0 Å². The lowest BCUT2D eigenvalue weighted by Crippen LogP contribution is -2.51. The minimum Gasteiger partial charge on any atom is -0.355 e. The second-order valence-electron chi connectivity index (χ2n) is 7.39. The molecule has 174 valence electrons. The average molecular weight is 468 g/mol. The molecule has 0 spiro atoms. The Morgan fingerprint density at radius 3 is 2.31 bits per heavy atom. The molecule has 1 unspecified atom stereocenters. The van der Waals surface area contributed by atoms with E-state index in [1.54, 1.807) is 19.9 Å². The number of anilines is 1. The molecule has 1 N–H and O–H groups in total.